The topological polar surface area (TPSA) is 60.8 Å². The average molecular weight is 292 g/mol. The minimum Gasteiger partial charge on any atom is -0.316 e. The lowest BCUT2D eigenvalue weighted by atomic mass is 9.73. The van der Waals surface area contributed by atoms with E-state index in [9.17, 15) is 0 Å². The molecule has 1 aliphatic heterocycles. The van der Waals surface area contributed by atoms with Crippen LogP contribution in [-0.4, -0.2) is 22.6 Å². The smallest absolute Gasteiger partial charge is 0.0732 e. The third kappa shape index (κ3) is 1.53. The molecule has 2 aliphatic rings. The highest BCUT2D eigenvalue weighted by Crippen LogP contribution is 2.42. The summed E-state index contributed by atoms with van der Waals surface area (Å²) in [4.78, 5) is 3.00. The molecule has 2 rings (SSSR count). The van der Waals surface area contributed by atoms with Gasteiger partial charge in [0.2, 0.25) is 0 Å². The second-order valence-electron chi connectivity index (χ2n) is 3.98. The summed E-state index contributed by atoms with van der Waals surface area (Å²) >= 11 is 2.47. The molecular formula is C8H13IN4. The van der Waals surface area contributed by atoms with E-state index in [1.165, 1.54) is 12.8 Å². The van der Waals surface area contributed by atoms with Gasteiger partial charge in [0.05, 0.1) is 5.54 Å². The maximum Gasteiger partial charge on any atom is 0.0732 e. The van der Waals surface area contributed by atoms with Crippen molar-refractivity contribution in [2.45, 2.75) is 28.7 Å². The highest BCUT2D eigenvalue weighted by Gasteiger charge is 2.46. The molecule has 2 fully saturated rings. The largest absolute Gasteiger partial charge is 0.316 e. The summed E-state index contributed by atoms with van der Waals surface area (Å²) in [6.45, 7) is 1.96. The third-order valence-electron chi connectivity index (χ3n) is 3.19. The van der Waals surface area contributed by atoms with Crippen LogP contribution in [0.4, 0.5) is 0 Å². The predicted octanol–water partition coefficient (Wildman–Crippen LogP) is 2.24. The van der Waals surface area contributed by atoms with Crippen LogP contribution in [0.5, 0.6) is 0 Å². The van der Waals surface area contributed by atoms with Crippen molar-refractivity contribution in [1.82, 2.24) is 5.32 Å². The summed E-state index contributed by atoms with van der Waals surface area (Å²) in [6.07, 6.45) is 3.54. The second kappa shape index (κ2) is 3.63. The van der Waals surface area contributed by atoms with E-state index in [1.807, 2.05) is 0 Å². The Labute approximate surface area is 91.2 Å². The van der Waals surface area contributed by atoms with Crippen LogP contribution >= 0.6 is 22.6 Å². The first-order chi connectivity index (χ1) is 6.28. The molecule has 0 amide bonds. The van der Waals surface area contributed by atoms with Crippen molar-refractivity contribution in [2.24, 2.45) is 11.0 Å². The summed E-state index contributed by atoms with van der Waals surface area (Å²) in [5, 5.41) is 7.40. The van der Waals surface area contributed by atoms with Gasteiger partial charge in [0.1, 0.15) is 0 Å². The fourth-order valence-electron chi connectivity index (χ4n) is 2.49. The van der Waals surface area contributed by atoms with Crippen LogP contribution < -0.4 is 5.32 Å². The van der Waals surface area contributed by atoms with Crippen LogP contribution in [0.1, 0.15) is 19.3 Å². The van der Waals surface area contributed by atoms with Crippen LogP contribution in [0.15, 0.2) is 5.11 Å². The van der Waals surface area contributed by atoms with Gasteiger partial charge >= 0.3 is 0 Å². The molecule has 0 spiro atoms. The van der Waals surface area contributed by atoms with Crippen molar-refractivity contribution in [3.8, 4) is 0 Å². The van der Waals surface area contributed by atoms with Crippen molar-refractivity contribution in [3.05, 3.63) is 10.4 Å². The fraction of sp³-hybridized carbons (Fsp3) is 1.00. The van der Waals surface area contributed by atoms with Gasteiger partial charge in [0.25, 0.3) is 0 Å². The van der Waals surface area contributed by atoms with Crippen molar-refractivity contribution >= 4 is 22.6 Å². The quantitative estimate of drug-likeness (QED) is 0.260. The minimum absolute atomic E-state index is 0.128. The molecule has 1 saturated carbocycles. The van der Waals surface area contributed by atoms with E-state index in [2.05, 4.69) is 37.9 Å². The van der Waals surface area contributed by atoms with Gasteiger partial charge in [-0.15, -0.1) is 0 Å². The first-order valence-corrected chi connectivity index (χ1v) is 5.94. The molecule has 0 aromatic carbocycles. The van der Waals surface area contributed by atoms with E-state index < -0.39 is 0 Å². The van der Waals surface area contributed by atoms with Crippen LogP contribution in [0.3, 0.4) is 0 Å². The predicted molar refractivity (Wildman–Crippen MR) is 59.9 cm³/mol. The first-order valence-electron chi connectivity index (χ1n) is 4.69. The number of fused-ring (bicyclic) bond motifs is 2. The highest BCUT2D eigenvalue weighted by atomic mass is 127. The number of nitrogens with zero attached hydrogens (tertiary/aromatic N) is 3. The Bertz CT molecular complexity index is 239. The average Bonchev–Trinajstić information content (AvgIpc) is 2.07. The number of piperidine rings is 1. The van der Waals surface area contributed by atoms with Gasteiger partial charge in [-0.05, 0) is 30.8 Å². The normalized spacial score (nSPS) is 43.8. The Morgan fingerprint density at radius 3 is 3.23 bits per heavy atom. The van der Waals surface area contributed by atoms with Gasteiger partial charge in [-0.1, -0.05) is 34.1 Å². The summed E-state index contributed by atoms with van der Waals surface area (Å²) in [5.74, 6) is 0.702. The van der Waals surface area contributed by atoms with E-state index in [1.54, 1.807) is 0 Å². The van der Waals surface area contributed by atoms with Gasteiger partial charge in [0.15, 0.2) is 0 Å². The van der Waals surface area contributed by atoms with Crippen LogP contribution in [0, 0.1) is 5.92 Å². The highest BCUT2D eigenvalue weighted by molar-refractivity contribution is 14.1. The molecule has 4 nitrogen and oxygen atoms in total. The summed E-state index contributed by atoms with van der Waals surface area (Å²) < 4.78 is 0.524. The number of azide groups is 1. The summed E-state index contributed by atoms with van der Waals surface area (Å²) in [6, 6.07) is 0. The van der Waals surface area contributed by atoms with Crippen molar-refractivity contribution in [3.63, 3.8) is 0 Å². The number of hydrogen-bond donors (Lipinski definition) is 1. The van der Waals surface area contributed by atoms with Crippen LogP contribution in [0.25, 0.3) is 10.4 Å². The zero-order valence-corrected chi connectivity index (χ0v) is 9.57. The Balaban J connectivity index is 2.27. The van der Waals surface area contributed by atoms with Crippen molar-refractivity contribution in [2.75, 3.05) is 13.1 Å². The lowest BCUT2D eigenvalue weighted by Gasteiger charge is -2.47. The SMILES string of the molecule is [N-]=[N+]=NC12CCCC(CNC1)C2I. The van der Waals surface area contributed by atoms with Crippen LogP contribution in [-0.2, 0) is 0 Å². The van der Waals surface area contributed by atoms with E-state index in [0.717, 1.165) is 19.5 Å². The maximum atomic E-state index is 8.57. The molecule has 1 heterocycles. The van der Waals surface area contributed by atoms with Gasteiger partial charge in [-0.2, -0.15) is 0 Å². The molecule has 72 valence electrons. The fourth-order valence-corrected chi connectivity index (χ4v) is 3.76. The molecule has 3 unspecified atom stereocenters. The monoisotopic (exact) mass is 292 g/mol. The van der Waals surface area contributed by atoms with E-state index in [4.69, 9.17) is 5.53 Å². The Kier molecular flexibility index (Phi) is 2.67. The lowest BCUT2D eigenvalue weighted by Crippen LogP contribution is -2.58. The third-order valence-corrected chi connectivity index (χ3v) is 5.37. The zero-order valence-electron chi connectivity index (χ0n) is 7.41. The maximum absolute atomic E-state index is 8.57. The lowest BCUT2D eigenvalue weighted by molar-refractivity contribution is 0.192. The molecular weight excluding hydrogens is 279 g/mol. The Morgan fingerprint density at radius 1 is 1.62 bits per heavy atom. The number of halogens is 1. The minimum atomic E-state index is -0.128. The van der Waals surface area contributed by atoms with Crippen molar-refractivity contribution < 1.29 is 0 Å². The molecule has 3 atom stereocenters. The number of nitrogens with one attached hydrogen (secondary N) is 1. The Morgan fingerprint density at radius 2 is 2.46 bits per heavy atom. The van der Waals surface area contributed by atoms with Gasteiger partial charge in [0, 0.05) is 15.4 Å². The summed E-state index contributed by atoms with van der Waals surface area (Å²) in [7, 11) is 0. The molecule has 0 aromatic rings. The standard InChI is InChI=1S/C8H13IN4/c9-7-6-2-1-3-8(7,12-13-10)5-11-4-6/h6-7,11H,1-5H2. The number of rotatable bonds is 1. The summed E-state index contributed by atoms with van der Waals surface area (Å²) in [5.41, 5.74) is 8.44. The molecule has 1 aliphatic carbocycles. The molecule has 5 heteroatoms. The van der Waals surface area contributed by atoms with E-state index >= 15 is 0 Å². The Hall–Kier alpha value is 0. The van der Waals surface area contributed by atoms with E-state index in [0.29, 0.717) is 9.84 Å². The van der Waals surface area contributed by atoms with Gasteiger partial charge < -0.3 is 5.32 Å². The van der Waals surface area contributed by atoms with Gasteiger partial charge in [-0.25, -0.2) is 0 Å². The molecule has 0 aromatic heterocycles. The molecule has 13 heavy (non-hydrogen) atoms. The van der Waals surface area contributed by atoms with Crippen molar-refractivity contribution in [1.29, 1.82) is 0 Å². The zero-order chi connectivity index (χ0) is 9.31. The molecule has 1 saturated heterocycles. The first kappa shape index (κ1) is 9.55. The van der Waals surface area contributed by atoms with Gasteiger partial charge in [-0.3, -0.25) is 0 Å². The molecule has 2 bridgehead atoms. The molecule has 1 N–H and O–H groups in total. The van der Waals surface area contributed by atoms with E-state index in [-0.39, 0.29) is 5.54 Å². The number of hydrogen-bond acceptors (Lipinski definition) is 2. The second-order valence-corrected chi connectivity index (χ2v) is 5.32. The van der Waals surface area contributed by atoms with Crippen LogP contribution in [0.2, 0.25) is 0 Å². The molecule has 0 radical (unpaired) electrons. The number of alkyl halides is 1.